The van der Waals surface area contributed by atoms with Crippen molar-refractivity contribution in [3.8, 4) is 0 Å². The Labute approximate surface area is 90.5 Å². The van der Waals surface area contributed by atoms with Crippen LogP contribution in [0.4, 0.5) is 0 Å². The van der Waals surface area contributed by atoms with Gasteiger partial charge in [0.05, 0.1) is 18.9 Å². The fourth-order valence-corrected chi connectivity index (χ4v) is 1.09. The maximum atomic E-state index is 11.0. The molecule has 0 aliphatic heterocycles. The number of hydrogen-bond acceptors (Lipinski definition) is 3. The highest BCUT2D eigenvalue weighted by molar-refractivity contribution is 6.19. The summed E-state index contributed by atoms with van der Waals surface area (Å²) in [6.07, 6.45) is 3.10. The van der Waals surface area contributed by atoms with Crippen molar-refractivity contribution in [3.05, 3.63) is 11.8 Å². The van der Waals surface area contributed by atoms with E-state index in [1.54, 1.807) is 13.0 Å². The molecule has 82 valence electrons. The van der Waals surface area contributed by atoms with Gasteiger partial charge in [-0.05, 0) is 13.3 Å². The average molecular weight is 220 g/mol. The number of alkyl halides is 1. The van der Waals surface area contributed by atoms with E-state index in [4.69, 9.17) is 16.3 Å². The van der Waals surface area contributed by atoms with Crippen LogP contribution < -0.4 is 5.32 Å². The number of carbonyl (C=O) groups is 1. The quantitative estimate of drug-likeness (QED) is 0.526. The minimum absolute atomic E-state index is 0.214. The Balaban J connectivity index is 3.84. The zero-order valence-corrected chi connectivity index (χ0v) is 9.56. The summed E-state index contributed by atoms with van der Waals surface area (Å²) in [7, 11) is 0. The third kappa shape index (κ3) is 6.78. The summed E-state index contributed by atoms with van der Waals surface area (Å²) >= 11 is 5.68. The Morgan fingerprint density at radius 3 is 2.71 bits per heavy atom. The van der Waals surface area contributed by atoms with Gasteiger partial charge in [-0.2, -0.15) is 0 Å². The molecule has 0 unspecified atom stereocenters. The minimum atomic E-state index is -0.214. The first kappa shape index (κ1) is 13.3. The molecule has 0 aliphatic carbocycles. The van der Waals surface area contributed by atoms with Crippen molar-refractivity contribution >= 4 is 17.6 Å². The predicted octanol–water partition coefficient (Wildman–Crippen LogP) is 2.06. The van der Waals surface area contributed by atoms with E-state index < -0.39 is 0 Å². The van der Waals surface area contributed by atoms with Crippen LogP contribution >= 0.6 is 11.6 Å². The zero-order valence-electron chi connectivity index (χ0n) is 8.81. The van der Waals surface area contributed by atoms with E-state index in [0.29, 0.717) is 12.5 Å². The lowest BCUT2D eigenvalue weighted by atomic mass is 10.3. The van der Waals surface area contributed by atoms with Crippen LogP contribution in [0.15, 0.2) is 11.8 Å². The van der Waals surface area contributed by atoms with Gasteiger partial charge in [0.15, 0.2) is 0 Å². The van der Waals surface area contributed by atoms with Crippen LogP contribution in [-0.2, 0) is 9.53 Å². The summed E-state index contributed by atoms with van der Waals surface area (Å²) in [5.74, 6) is 0.188. The normalized spacial score (nSPS) is 11.2. The molecule has 0 saturated heterocycles. The molecule has 0 aromatic rings. The summed E-state index contributed by atoms with van der Waals surface area (Å²) in [5, 5.41) is 3.14. The molecule has 0 rings (SSSR count). The first-order chi connectivity index (χ1) is 6.74. The van der Waals surface area contributed by atoms with Gasteiger partial charge in [0, 0.05) is 12.2 Å². The molecule has 0 heterocycles. The Morgan fingerprint density at radius 1 is 1.50 bits per heavy atom. The molecule has 0 aromatic heterocycles. The van der Waals surface area contributed by atoms with Crippen LogP contribution in [0.25, 0.3) is 0 Å². The lowest BCUT2D eigenvalue weighted by Crippen LogP contribution is -2.15. The fourth-order valence-electron chi connectivity index (χ4n) is 0.886. The van der Waals surface area contributed by atoms with Crippen LogP contribution in [0.2, 0.25) is 0 Å². The van der Waals surface area contributed by atoms with Crippen molar-refractivity contribution in [2.75, 3.05) is 19.0 Å². The lowest BCUT2D eigenvalue weighted by Gasteiger charge is -2.06. The Bertz CT molecular complexity index is 193. The molecule has 3 nitrogen and oxygen atoms in total. The SMILES string of the molecule is CCCN/C(=C\CC(=O)OCC)CCl. The highest BCUT2D eigenvalue weighted by Crippen LogP contribution is 1.97. The average Bonchev–Trinajstić information content (AvgIpc) is 2.19. The highest BCUT2D eigenvalue weighted by Gasteiger charge is 1.99. The second-order valence-electron chi connectivity index (χ2n) is 2.80. The van der Waals surface area contributed by atoms with Gasteiger partial charge in [0.2, 0.25) is 0 Å². The largest absolute Gasteiger partial charge is 0.466 e. The lowest BCUT2D eigenvalue weighted by molar-refractivity contribution is -0.142. The first-order valence-electron chi connectivity index (χ1n) is 4.89. The summed E-state index contributed by atoms with van der Waals surface area (Å²) in [4.78, 5) is 11.0. The number of esters is 1. The van der Waals surface area contributed by atoms with Crippen molar-refractivity contribution in [2.45, 2.75) is 26.7 Å². The number of ether oxygens (including phenoxy) is 1. The summed E-state index contributed by atoms with van der Waals surface area (Å²) in [6.45, 7) is 5.16. The van der Waals surface area contributed by atoms with Gasteiger partial charge in [-0.3, -0.25) is 4.79 Å². The topological polar surface area (TPSA) is 38.3 Å². The van der Waals surface area contributed by atoms with Crippen molar-refractivity contribution in [1.82, 2.24) is 5.32 Å². The van der Waals surface area contributed by atoms with Gasteiger partial charge in [-0.25, -0.2) is 0 Å². The first-order valence-corrected chi connectivity index (χ1v) is 5.42. The van der Waals surface area contributed by atoms with Crippen LogP contribution in [0.1, 0.15) is 26.7 Å². The molecule has 0 spiro atoms. The number of hydrogen-bond donors (Lipinski definition) is 1. The van der Waals surface area contributed by atoms with Crippen LogP contribution in [0.3, 0.4) is 0 Å². The second kappa shape index (κ2) is 8.88. The van der Waals surface area contributed by atoms with Crippen molar-refractivity contribution < 1.29 is 9.53 Å². The Hall–Kier alpha value is -0.700. The van der Waals surface area contributed by atoms with E-state index in [2.05, 4.69) is 12.2 Å². The van der Waals surface area contributed by atoms with E-state index >= 15 is 0 Å². The number of nitrogens with one attached hydrogen (secondary N) is 1. The Morgan fingerprint density at radius 2 is 2.21 bits per heavy atom. The van der Waals surface area contributed by atoms with E-state index in [9.17, 15) is 4.79 Å². The summed E-state index contributed by atoms with van der Waals surface area (Å²) in [5.41, 5.74) is 0.890. The van der Waals surface area contributed by atoms with Gasteiger partial charge in [0.1, 0.15) is 0 Å². The molecule has 1 N–H and O–H groups in total. The zero-order chi connectivity index (χ0) is 10.8. The molecule has 4 heteroatoms. The van der Waals surface area contributed by atoms with Crippen LogP contribution in [-0.4, -0.2) is 25.0 Å². The minimum Gasteiger partial charge on any atom is -0.466 e. The second-order valence-corrected chi connectivity index (χ2v) is 3.07. The molecule has 0 aromatic carbocycles. The molecule has 0 bridgehead atoms. The molecule has 0 fully saturated rings. The smallest absolute Gasteiger partial charge is 0.309 e. The van der Waals surface area contributed by atoms with Gasteiger partial charge in [-0.1, -0.05) is 13.0 Å². The molecule has 0 amide bonds. The maximum Gasteiger partial charge on any atom is 0.309 e. The van der Waals surface area contributed by atoms with Gasteiger partial charge >= 0.3 is 5.97 Å². The number of rotatable bonds is 7. The van der Waals surface area contributed by atoms with Crippen molar-refractivity contribution in [3.63, 3.8) is 0 Å². The van der Waals surface area contributed by atoms with Crippen molar-refractivity contribution in [1.29, 1.82) is 0 Å². The molecule has 0 aliphatic rings. The summed E-state index contributed by atoms with van der Waals surface area (Å²) in [6, 6.07) is 0. The molecular weight excluding hydrogens is 202 g/mol. The van der Waals surface area contributed by atoms with Crippen molar-refractivity contribution in [2.24, 2.45) is 0 Å². The van der Waals surface area contributed by atoms with Gasteiger partial charge in [0.25, 0.3) is 0 Å². The van der Waals surface area contributed by atoms with Crippen LogP contribution in [0.5, 0.6) is 0 Å². The number of allylic oxidation sites excluding steroid dienone is 1. The number of halogens is 1. The summed E-state index contributed by atoms with van der Waals surface area (Å²) < 4.78 is 4.79. The third-order valence-corrected chi connectivity index (χ3v) is 1.85. The van der Waals surface area contributed by atoms with E-state index in [1.807, 2.05) is 0 Å². The fraction of sp³-hybridized carbons (Fsp3) is 0.700. The molecule has 0 saturated carbocycles. The molecule has 14 heavy (non-hydrogen) atoms. The van der Waals surface area contributed by atoms with E-state index in [1.165, 1.54) is 0 Å². The standard InChI is InChI=1S/C10H18ClNO2/c1-3-7-12-9(8-11)5-6-10(13)14-4-2/h5,12H,3-4,6-8H2,1-2H3/b9-5-. The monoisotopic (exact) mass is 219 g/mol. The van der Waals surface area contributed by atoms with E-state index in [0.717, 1.165) is 18.7 Å². The molecular formula is C10H18ClNO2. The molecule has 0 atom stereocenters. The predicted molar refractivity (Wildman–Crippen MR) is 58.3 cm³/mol. The van der Waals surface area contributed by atoms with Gasteiger partial charge < -0.3 is 10.1 Å². The number of carbonyl (C=O) groups excluding carboxylic acids is 1. The maximum absolute atomic E-state index is 11.0. The Kier molecular flexibility index (Phi) is 8.43. The van der Waals surface area contributed by atoms with E-state index in [-0.39, 0.29) is 12.4 Å². The van der Waals surface area contributed by atoms with Crippen LogP contribution in [0, 0.1) is 0 Å². The third-order valence-electron chi connectivity index (χ3n) is 1.57. The van der Waals surface area contributed by atoms with Gasteiger partial charge in [-0.15, -0.1) is 11.6 Å². The highest BCUT2D eigenvalue weighted by atomic mass is 35.5. The molecule has 0 radical (unpaired) electrons.